The number of nitrogens with one attached hydrogen (secondary N) is 1. The van der Waals surface area contributed by atoms with Gasteiger partial charge in [-0.2, -0.15) is 0 Å². The molecule has 1 aromatic heterocycles. The Morgan fingerprint density at radius 1 is 1.23 bits per heavy atom. The lowest BCUT2D eigenvalue weighted by atomic mass is 10.1. The normalized spacial score (nSPS) is 16.1. The van der Waals surface area contributed by atoms with Crippen molar-refractivity contribution < 1.29 is 9.53 Å². The van der Waals surface area contributed by atoms with E-state index in [1.807, 2.05) is 42.5 Å². The molecule has 7 heteroatoms. The number of aromatic nitrogens is 2. The van der Waals surface area contributed by atoms with E-state index in [4.69, 9.17) is 4.74 Å². The zero-order valence-electron chi connectivity index (χ0n) is 17.0. The molecule has 1 aliphatic heterocycles. The van der Waals surface area contributed by atoms with Crippen molar-refractivity contribution in [2.24, 2.45) is 0 Å². The number of hydrogen-bond acceptors (Lipinski definition) is 5. The van der Waals surface area contributed by atoms with Gasteiger partial charge in [-0.05, 0) is 43.0 Å². The van der Waals surface area contributed by atoms with Gasteiger partial charge in [-0.3, -0.25) is 14.2 Å². The summed E-state index contributed by atoms with van der Waals surface area (Å²) in [5.74, 6) is 0.0564. The highest BCUT2D eigenvalue weighted by atomic mass is 32.2. The Kier molecular flexibility index (Phi) is 6.50. The molecule has 156 valence electrons. The van der Waals surface area contributed by atoms with Crippen LogP contribution in [0.4, 0.5) is 5.69 Å². The van der Waals surface area contributed by atoms with Crippen LogP contribution < -0.4 is 10.9 Å². The van der Waals surface area contributed by atoms with E-state index in [2.05, 4.69) is 17.2 Å². The zero-order valence-corrected chi connectivity index (χ0v) is 17.8. The van der Waals surface area contributed by atoms with Crippen LogP contribution in [0.1, 0.15) is 25.3 Å². The van der Waals surface area contributed by atoms with Gasteiger partial charge < -0.3 is 10.1 Å². The molecular formula is C23H25N3O3S. The summed E-state index contributed by atoms with van der Waals surface area (Å²) in [4.78, 5) is 30.4. The molecule has 1 N–H and O–H groups in total. The monoisotopic (exact) mass is 423 g/mol. The van der Waals surface area contributed by atoms with Crippen molar-refractivity contribution in [3.05, 3.63) is 64.4 Å². The number of benzene rings is 2. The summed E-state index contributed by atoms with van der Waals surface area (Å²) in [6.07, 6.45) is 2.78. The second-order valence-corrected chi connectivity index (χ2v) is 8.25. The second kappa shape index (κ2) is 9.45. The fraction of sp³-hybridized carbons (Fsp3) is 0.348. The van der Waals surface area contributed by atoms with Crippen LogP contribution in [0.3, 0.4) is 0 Å². The summed E-state index contributed by atoms with van der Waals surface area (Å²) in [7, 11) is 0. The van der Waals surface area contributed by atoms with Crippen molar-refractivity contribution in [2.45, 2.75) is 44.0 Å². The van der Waals surface area contributed by atoms with Crippen molar-refractivity contribution in [1.82, 2.24) is 9.55 Å². The first-order chi connectivity index (χ1) is 14.7. The van der Waals surface area contributed by atoms with Crippen molar-refractivity contribution >= 4 is 34.3 Å². The van der Waals surface area contributed by atoms with Gasteiger partial charge in [0.05, 0.1) is 29.3 Å². The van der Waals surface area contributed by atoms with Gasteiger partial charge in [-0.25, -0.2) is 4.98 Å². The average Bonchev–Trinajstić information content (AvgIpc) is 3.28. The van der Waals surface area contributed by atoms with Crippen LogP contribution in [0, 0.1) is 0 Å². The molecule has 1 saturated heterocycles. The number of carbonyl (C=O) groups is 1. The quantitative estimate of drug-likeness (QED) is 0.461. The number of anilines is 1. The van der Waals surface area contributed by atoms with E-state index in [-0.39, 0.29) is 23.3 Å². The van der Waals surface area contributed by atoms with Crippen LogP contribution in [-0.4, -0.2) is 33.9 Å². The van der Waals surface area contributed by atoms with Gasteiger partial charge in [0.2, 0.25) is 5.91 Å². The second-order valence-electron chi connectivity index (χ2n) is 7.31. The van der Waals surface area contributed by atoms with Crippen molar-refractivity contribution in [3.8, 4) is 0 Å². The maximum absolute atomic E-state index is 13.1. The number of rotatable bonds is 7. The lowest BCUT2D eigenvalue weighted by Gasteiger charge is -2.16. The summed E-state index contributed by atoms with van der Waals surface area (Å²) in [5.41, 5.74) is 2.48. The molecule has 2 heterocycles. The summed E-state index contributed by atoms with van der Waals surface area (Å²) < 4.78 is 7.40. The fourth-order valence-electron chi connectivity index (χ4n) is 3.68. The molecule has 0 bridgehead atoms. The molecule has 4 rings (SSSR count). The highest BCUT2D eigenvalue weighted by Crippen LogP contribution is 2.22. The third-order valence-electron chi connectivity index (χ3n) is 5.24. The Balaban J connectivity index is 1.56. The number of hydrogen-bond donors (Lipinski definition) is 1. The van der Waals surface area contributed by atoms with Crippen LogP contribution in [-0.2, 0) is 22.5 Å². The Labute approximate surface area is 179 Å². The van der Waals surface area contributed by atoms with Crippen LogP contribution in [0.5, 0.6) is 0 Å². The molecule has 1 fully saturated rings. The van der Waals surface area contributed by atoms with Gasteiger partial charge in [-0.1, -0.05) is 49.0 Å². The molecule has 0 aliphatic carbocycles. The smallest absolute Gasteiger partial charge is 0.262 e. The van der Waals surface area contributed by atoms with Crippen LogP contribution in [0.25, 0.3) is 10.9 Å². The van der Waals surface area contributed by atoms with Crippen molar-refractivity contribution in [3.63, 3.8) is 0 Å². The summed E-state index contributed by atoms with van der Waals surface area (Å²) in [6.45, 7) is 3.24. The molecule has 3 aromatic rings. The third kappa shape index (κ3) is 4.57. The van der Waals surface area contributed by atoms with Gasteiger partial charge >= 0.3 is 0 Å². The highest BCUT2D eigenvalue weighted by molar-refractivity contribution is 7.99. The maximum Gasteiger partial charge on any atom is 0.262 e. The molecule has 0 saturated carbocycles. The van der Waals surface area contributed by atoms with Gasteiger partial charge in [-0.15, -0.1) is 0 Å². The largest absolute Gasteiger partial charge is 0.376 e. The van der Waals surface area contributed by atoms with Crippen molar-refractivity contribution in [2.75, 3.05) is 17.7 Å². The van der Waals surface area contributed by atoms with E-state index in [1.165, 1.54) is 11.8 Å². The van der Waals surface area contributed by atoms with Gasteiger partial charge in [0.15, 0.2) is 5.16 Å². The lowest BCUT2D eigenvalue weighted by molar-refractivity contribution is -0.113. The molecule has 30 heavy (non-hydrogen) atoms. The molecule has 0 radical (unpaired) electrons. The number of fused-ring (bicyclic) bond motifs is 1. The molecule has 0 spiro atoms. The van der Waals surface area contributed by atoms with Gasteiger partial charge in [0.1, 0.15) is 0 Å². The molecule has 1 atom stereocenters. The van der Waals surface area contributed by atoms with Crippen LogP contribution in [0.15, 0.2) is 58.5 Å². The predicted molar refractivity (Wildman–Crippen MR) is 120 cm³/mol. The molecule has 1 aliphatic rings. The minimum atomic E-state index is -0.119. The molecule has 2 aromatic carbocycles. The van der Waals surface area contributed by atoms with Crippen LogP contribution in [0.2, 0.25) is 0 Å². The Hall–Kier alpha value is -2.64. The van der Waals surface area contributed by atoms with E-state index in [9.17, 15) is 9.59 Å². The number of para-hydroxylation sites is 2. The Bertz CT molecular complexity index is 1110. The van der Waals surface area contributed by atoms with E-state index in [0.29, 0.717) is 22.6 Å². The lowest BCUT2D eigenvalue weighted by Crippen LogP contribution is -2.29. The highest BCUT2D eigenvalue weighted by Gasteiger charge is 2.20. The van der Waals surface area contributed by atoms with E-state index < -0.39 is 0 Å². The standard InChI is InChI=1S/C23H25N3O3S/c1-2-16-8-3-5-11-19(16)24-21(27)15-30-23-25-20-12-6-4-10-18(20)22(28)26(23)14-17-9-7-13-29-17/h3-6,8,10-12,17H,2,7,9,13-15H2,1H3,(H,24,27)/t17-/m0/s1. The SMILES string of the molecule is CCc1ccccc1NC(=O)CSc1nc2ccccc2c(=O)n1C[C@@H]1CCCO1. The number of thioether (sulfide) groups is 1. The number of ether oxygens (including phenoxy) is 1. The van der Waals surface area contributed by atoms with Gasteiger partial charge in [0.25, 0.3) is 5.56 Å². The van der Waals surface area contributed by atoms with E-state index in [1.54, 1.807) is 10.6 Å². The number of amides is 1. The zero-order chi connectivity index (χ0) is 20.9. The fourth-order valence-corrected chi connectivity index (χ4v) is 4.49. The van der Waals surface area contributed by atoms with E-state index in [0.717, 1.165) is 37.1 Å². The first kappa shape index (κ1) is 20.6. The molecule has 1 amide bonds. The minimum absolute atomic E-state index is 0.00951. The summed E-state index contributed by atoms with van der Waals surface area (Å²) in [6, 6.07) is 15.1. The van der Waals surface area contributed by atoms with E-state index >= 15 is 0 Å². The first-order valence-corrected chi connectivity index (χ1v) is 11.3. The number of carbonyl (C=O) groups excluding carboxylic acids is 1. The van der Waals surface area contributed by atoms with Crippen molar-refractivity contribution in [1.29, 1.82) is 0 Å². The Morgan fingerprint density at radius 3 is 2.83 bits per heavy atom. The molecule has 6 nitrogen and oxygen atoms in total. The topological polar surface area (TPSA) is 73.2 Å². The third-order valence-corrected chi connectivity index (χ3v) is 6.22. The number of nitrogens with zero attached hydrogens (tertiary/aromatic N) is 2. The molecular weight excluding hydrogens is 398 g/mol. The van der Waals surface area contributed by atoms with Crippen LogP contribution >= 0.6 is 11.8 Å². The Morgan fingerprint density at radius 2 is 2.03 bits per heavy atom. The summed E-state index contributed by atoms with van der Waals surface area (Å²) in [5, 5.41) is 4.11. The molecule has 0 unspecified atom stereocenters. The average molecular weight is 424 g/mol. The summed E-state index contributed by atoms with van der Waals surface area (Å²) >= 11 is 1.28. The number of aryl methyl sites for hydroxylation is 1. The maximum atomic E-state index is 13.1. The first-order valence-electron chi connectivity index (χ1n) is 10.3. The van der Waals surface area contributed by atoms with Gasteiger partial charge in [0, 0.05) is 12.3 Å². The minimum Gasteiger partial charge on any atom is -0.376 e. The predicted octanol–water partition coefficient (Wildman–Crippen LogP) is 3.87.